The molecule has 2 rings (SSSR count). The summed E-state index contributed by atoms with van der Waals surface area (Å²) in [6.45, 7) is 3.33. The zero-order chi connectivity index (χ0) is 13.0. The van der Waals surface area contributed by atoms with Crippen molar-refractivity contribution in [1.82, 2.24) is 4.90 Å². The van der Waals surface area contributed by atoms with Gasteiger partial charge in [-0.05, 0) is 24.0 Å². The van der Waals surface area contributed by atoms with Crippen molar-refractivity contribution in [3.8, 4) is 6.07 Å². The maximum absolute atomic E-state index is 11.8. The first kappa shape index (κ1) is 12.6. The van der Waals surface area contributed by atoms with Gasteiger partial charge in [0.05, 0.1) is 12.0 Å². The molecule has 0 aromatic heterocycles. The highest BCUT2D eigenvalue weighted by atomic mass is 16.2. The van der Waals surface area contributed by atoms with Crippen molar-refractivity contribution in [2.45, 2.75) is 32.7 Å². The first-order chi connectivity index (χ1) is 8.72. The van der Waals surface area contributed by atoms with Crippen molar-refractivity contribution in [3.63, 3.8) is 0 Å². The standard InChI is InChI=1S/C15H18N2O/c1-2-12-3-5-13(6-4-12)10-17-11-14(9-16)7-8-15(17)18/h3-6,14H,2,7-8,10-11H2,1H3. The van der Waals surface area contributed by atoms with Gasteiger partial charge in [0.25, 0.3) is 0 Å². The molecule has 0 spiro atoms. The number of piperidine rings is 1. The molecule has 1 heterocycles. The fourth-order valence-corrected chi connectivity index (χ4v) is 2.27. The Morgan fingerprint density at radius 3 is 2.61 bits per heavy atom. The van der Waals surface area contributed by atoms with Crippen LogP contribution in [0.3, 0.4) is 0 Å². The maximum Gasteiger partial charge on any atom is 0.222 e. The molecule has 0 aliphatic carbocycles. The van der Waals surface area contributed by atoms with Gasteiger partial charge in [0.2, 0.25) is 5.91 Å². The summed E-state index contributed by atoms with van der Waals surface area (Å²) in [6.07, 6.45) is 2.24. The van der Waals surface area contributed by atoms with E-state index in [0.29, 0.717) is 25.9 Å². The summed E-state index contributed by atoms with van der Waals surface area (Å²) in [5.74, 6) is 0.165. The minimum absolute atomic E-state index is 0.00221. The van der Waals surface area contributed by atoms with E-state index in [1.54, 1.807) is 4.90 Å². The lowest BCUT2D eigenvalue weighted by molar-refractivity contribution is -0.134. The molecule has 1 atom stereocenters. The van der Waals surface area contributed by atoms with E-state index in [-0.39, 0.29) is 11.8 Å². The average Bonchev–Trinajstić information content (AvgIpc) is 2.42. The number of hydrogen-bond donors (Lipinski definition) is 0. The second-order valence-corrected chi connectivity index (χ2v) is 4.81. The smallest absolute Gasteiger partial charge is 0.222 e. The van der Waals surface area contributed by atoms with Gasteiger partial charge < -0.3 is 4.90 Å². The van der Waals surface area contributed by atoms with Crippen LogP contribution in [0, 0.1) is 17.2 Å². The lowest BCUT2D eigenvalue weighted by Crippen LogP contribution is -2.38. The summed E-state index contributed by atoms with van der Waals surface area (Å²) in [6, 6.07) is 10.6. The topological polar surface area (TPSA) is 44.1 Å². The Balaban J connectivity index is 2.02. The number of rotatable bonds is 3. The van der Waals surface area contributed by atoms with E-state index < -0.39 is 0 Å². The van der Waals surface area contributed by atoms with Crippen LogP contribution in [0.1, 0.15) is 30.9 Å². The van der Waals surface area contributed by atoms with Crippen molar-refractivity contribution in [1.29, 1.82) is 5.26 Å². The van der Waals surface area contributed by atoms with E-state index >= 15 is 0 Å². The molecule has 3 nitrogen and oxygen atoms in total. The predicted octanol–water partition coefficient (Wildman–Crippen LogP) is 2.51. The highest BCUT2D eigenvalue weighted by Crippen LogP contribution is 2.19. The Kier molecular flexibility index (Phi) is 3.99. The first-order valence-corrected chi connectivity index (χ1v) is 6.48. The molecular weight excluding hydrogens is 224 g/mol. The monoisotopic (exact) mass is 242 g/mol. The molecule has 3 heteroatoms. The number of nitrogens with zero attached hydrogens (tertiary/aromatic N) is 2. The number of aryl methyl sites for hydroxylation is 1. The van der Waals surface area contributed by atoms with Crippen molar-refractivity contribution in [2.75, 3.05) is 6.54 Å². The van der Waals surface area contributed by atoms with Crippen LogP contribution in [0.5, 0.6) is 0 Å². The molecule has 0 bridgehead atoms. The van der Waals surface area contributed by atoms with Crippen LogP contribution < -0.4 is 0 Å². The SMILES string of the molecule is CCc1ccc(CN2CC(C#N)CCC2=O)cc1. The Hall–Kier alpha value is -1.82. The van der Waals surface area contributed by atoms with E-state index in [1.165, 1.54) is 5.56 Å². The average molecular weight is 242 g/mol. The van der Waals surface area contributed by atoms with E-state index in [9.17, 15) is 4.79 Å². The Morgan fingerprint density at radius 1 is 1.33 bits per heavy atom. The molecule has 1 fully saturated rings. The quantitative estimate of drug-likeness (QED) is 0.817. The van der Waals surface area contributed by atoms with E-state index in [4.69, 9.17) is 5.26 Å². The van der Waals surface area contributed by atoms with Crippen LogP contribution >= 0.6 is 0 Å². The fourth-order valence-electron chi connectivity index (χ4n) is 2.27. The van der Waals surface area contributed by atoms with Crippen LogP contribution in [-0.2, 0) is 17.8 Å². The summed E-state index contributed by atoms with van der Waals surface area (Å²) >= 11 is 0. The van der Waals surface area contributed by atoms with Gasteiger partial charge in [-0.3, -0.25) is 4.79 Å². The second kappa shape index (κ2) is 5.68. The van der Waals surface area contributed by atoms with Gasteiger partial charge in [0, 0.05) is 19.5 Å². The molecule has 1 unspecified atom stereocenters. The van der Waals surface area contributed by atoms with Gasteiger partial charge in [-0.1, -0.05) is 31.2 Å². The van der Waals surface area contributed by atoms with Crippen molar-refractivity contribution in [2.24, 2.45) is 5.92 Å². The van der Waals surface area contributed by atoms with Gasteiger partial charge >= 0.3 is 0 Å². The number of carbonyl (C=O) groups is 1. The third kappa shape index (κ3) is 2.89. The number of hydrogen-bond acceptors (Lipinski definition) is 2. The van der Waals surface area contributed by atoms with Gasteiger partial charge in [-0.2, -0.15) is 5.26 Å². The zero-order valence-electron chi connectivity index (χ0n) is 10.7. The van der Waals surface area contributed by atoms with Crippen LogP contribution in [0.15, 0.2) is 24.3 Å². The van der Waals surface area contributed by atoms with Crippen LogP contribution in [0.4, 0.5) is 0 Å². The Labute approximate surface area is 108 Å². The van der Waals surface area contributed by atoms with Crippen molar-refractivity contribution in [3.05, 3.63) is 35.4 Å². The normalized spacial score (nSPS) is 19.7. The molecular formula is C15H18N2O. The molecule has 18 heavy (non-hydrogen) atoms. The fraction of sp³-hybridized carbons (Fsp3) is 0.467. The number of likely N-dealkylation sites (tertiary alicyclic amines) is 1. The van der Waals surface area contributed by atoms with E-state index in [2.05, 4.69) is 37.3 Å². The molecule has 94 valence electrons. The van der Waals surface area contributed by atoms with Crippen molar-refractivity contribution < 1.29 is 4.79 Å². The highest BCUT2D eigenvalue weighted by molar-refractivity contribution is 5.77. The number of carbonyl (C=O) groups excluding carboxylic acids is 1. The molecule has 0 saturated carbocycles. The third-order valence-electron chi connectivity index (χ3n) is 3.49. The lowest BCUT2D eigenvalue weighted by Gasteiger charge is -2.29. The molecule has 1 aliphatic rings. The molecule has 1 aromatic rings. The van der Waals surface area contributed by atoms with Gasteiger partial charge in [-0.25, -0.2) is 0 Å². The summed E-state index contributed by atoms with van der Waals surface area (Å²) in [7, 11) is 0. The molecule has 0 radical (unpaired) electrons. The van der Waals surface area contributed by atoms with Crippen LogP contribution in [-0.4, -0.2) is 17.4 Å². The second-order valence-electron chi connectivity index (χ2n) is 4.81. The minimum atomic E-state index is -0.00221. The minimum Gasteiger partial charge on any atom is -0.337 e. The molecule has 1 amide bonds. The highest BCUT2D eigenvalue weighted by Gasteiger charge is 2.25. The summed E-state index contributed by atoms with van der Waals surface area (Å²) in [5.41, 5.74) is 2.44. The summed E-state index contributed by atoms with van der Waals surface area (Å²) < 4.78 is 0. The third-order valence-corrected chi connectivity index (χ3v) is 3.49. The van der Waals surface area contributed by atoms with Crippen molar-refractivity contribution >= 4 is 5.91 Å². The summed E-state index contributed by atoms with van der Waals surface area (Å²) in [4.78, 5) is 13.6. The first-order valence-electron chi connectivity index (χ1n) is 6.48. The predicted molar refractivity (Wildman–Crippen MR) is 69.6 cm³/mol. The lowest BCUT2D eigenvalue weighted by atomic mass is 9.98. The van der Waals surface area contributed by atoms with E-state index in [1.807, 2.05) is 0 Å². The molecule has 1 aromatic carbocycles. The largest absolute Gasteiger partial charge is 0.337 e. The Bertz CT molecular complexity index is 458. The van der Waals surface area contributed by atoms with Crippen LogP contribution in [0.2, 0.25) is 0 Å². The number of benzene rings is 1. The van der Waals surface area contributed by atoms with Gasteiger partial charge in [-0.15, -0.1) is 0 Å². The van der Waals surface area contributed by atoms with Gasteiger partial charge in [0.15, 0.2) is 0 Å². The summed E-state index contributed by atoms with van der Waals surface area (Å²) in [5, 5.41) is 8.94. The number of nitriles is 1. The zero-order valence-corrected chi connectivity index (χ0v) is 10.7. The Morgan fingerprint density at radius 2 is 2.00 bits per heavy atom. The van der Waals surface area contributed by atoms with Crippen LogP contribution in [0.25, 0.3) is 0 Å². The van der Waals surface area contributed by atoms with E-state index in [0.717, 1.165) is 12.0 Å². The molecule has 0 N–H and O–H groups in total. The molecule has 1 saturated heterocycles. The molecule has 1 aliphatic heterocycles. The number of amides is 1. The van der Waals surface area contributed by atoms with Gasteiger partial charge in [0.1, 0.15) is 0 Å². The maximum atomic E-state index is 11.8.